The normalized spacial score (nSPS) is 12.5. The standard InChI is InChI=1S/C11H16ClN3O3/c1-7(2)8(5-6-16)13-11-9(15(17)18)3-4-10(12)14-11/h3-4,7-8,16H,5-6H2,1-2H3,(H,13,14). The van der Waals surface area contributed by atoms with Gasteiger partial charge in [0.2, 0.25) is 5.82 Å². The molecule has 100 valence electrons. The minimum atomic E-state index is -0.512. The van der Waals surface area contributed by atoms with Gasteiger partial charge in [0.15, 0.2) is 0 Å². The van der Waals surface area contributed by atoms with E-state index in [9.17, 15) is 10.1 Å². The van der Waals surface area contributed by atoms with E-state index >= 15 is 0 Å². The van der Waals surface area contributed by atoms with Crippen molar-refractivity contribution in [1.82, 2.24) is 4.98 Å². The molecule has 0 aliphatic heterocycles. The van der Waals surface area contributed by atoms with Gasteiger partial charge < -0.3 is 10.4 Å². The first-order valence-corrected chi connectivity index (χ1v) is 6.01. The van der Waals surface area contributed by atoms with E-state index in [1.54, 1.807) is 0 Å². The van der Waals surface area contributed by atoms with Crippen LogP contribution in [0.3, 0.4) is 0 Å². The summed E-state index contributed by atoms with van der Waals surface area (Å²) in [5.41, 5.74) is -0.122. The third-order valence-corrected chi connectivity index (χ3v) is 2.81. The van der Waals surface area contributed by atoms with Crippen LogP contribution < -0.4 is 5.32 Å². The summed E-state index contributed by atoms with van der Waals surface area (Å²) in [6.07, 6.45) is 0.489. The van der Waals surface area contributed by atoms with E-state index < -0.39 is 4.92 Å². The average Bonchev–Trinajstić information content (AvgIpc) is 2.28. The molecule has 2 N–H and O–H groups in total. The highest BCUT2D eigenvalue weighted by Crippen LogP contribution is 2.26. The van der Waals surface area contributed by atoms with Crippen LogP contribution in [0.1, 0.15) is 20.3 Å². The molecule has 0 amide bonds. The van der Waals surface area contributed by atoms with Crippen LogP contribution in [-0.2, 0) is 0 Å². The van der Waals surface area contributed by atoms with Gasteiger partial charge in [-0.25, -0.2) is 4.98 Å². The van der Waals surface area contributed by atoms with Crippen LogP contribution in [0.15, 0.2) is 12.1 Å². The second-order valence-corrected chi connectivity index (χ2v) is 4.65. The molecule has 7 heteroatoms. The molecule has 18 heavy (non-hydrogen) atoms. The summed E-state index contributed by atoms with van der Waals surface area (Å²) in [5.74, 6) is 0.345. The van der Waals surface area contributed by atoms with Crippen molar-refractivity contribution in [2.24, 2.45) is 5.92 Å². The number of aliphatic hydroxyl groups excluding tert-OH is 1. The van der Waals surface area contributed by atoms with Crippen molar-refractivity contribution in [3.05, 3.63) is 27.4 Å². The Bertz CT molecular complexity index is 426. The molecule has 0 saturated carbocycles. The zero-order valence-electron chi connectivity index (χ0n) is 10.3. The summed E-state index contributed by atoms with van der Waals surface area (Å²) in [7, 11) is 0. The summed E-state index contributed by atoms with van der Waals surface area (Å²) < 4.78 is 0. The first-order chi connectivity index (χ1) is 8.45. The lowest BCUT2D eigenvalue weighted by molar-refractivity contribution is -0.384. The summed E-state index contributed by atoms with van der Waals surface area (Å²) >= 11 is 5.74. The average molecular weight is 274 g/mol. The molecule has 0 fully saturated rings. The lowest BCUT2D eigenvalue weighted by Crippen LogP contribution is -2.27. The van der Waals surface area contributed by atoms with Crippen molar-refractivity contribution in [2.75, 3.05) is 11.9 Å². The summed E-state index contributed by atoms with van der Waals surface area (Å²) in [5, 5.41) is 23.0. The Kier molecular flexibility index (Phi) is 5.30. The minimum Gasteiger partial charge on any atom is -0.396 e. The fraction of sp³-hybridized carbons (Fsp3) is 0.545. The second kappa shape index (κ2) is 6.51. The van der Waals surface area contributed by atoms with Crippen LogP contribution in [0, 0.1) is 16.0 Å². The maximum atomic E-state index is 10.9. The van der Waals surface area contributed by atoms with Gasteiger partial charge in [0.25, 0.3) is 0 Å². The molecule has 0 aromatic carbocycles. The van der Waals surface area contributed by atoms with Gasteiger partial charge in [0.05, 0.1) is 4.92 Å². The molecule has 0 spiro atoms. The van der Waals surface area contributed by atoms with Crippen LogP contribution in [-0.4, -0.2) is 27.7 Å². The fourth-order valence-corrected chi connectivity index (χ4v) is 1.72. The molecular weight excluding hydrogens is 258 g/mol. The Labute approximate surface area is 110 Å². The molecule has 6 nitrogen and oxygen atoms in total. The first kappa shape index (κ1) is 14.7. The number of halogens is 1. The van der Waals surface area contributed by atoms with Crippen molar-refractivity contribution in [2.45, 2.75) is 26.3 Å². The van der Waals surface area contributed by atoms with Gasteiger partial charge in [-0.15, -0.1) is 0 Å². The Balaban J connectivity index is 3.00. The SMILES string of the molecule is CC(C)C(CCO)Nc1nc(Cl)ccc1[N+](=O)[O-]. The quantitative estimate of drug-likeness (QED) is 0.472. The van der Waals surface area contributed by atoms with E-state index in [0.717, 1.165) is 0 Å². The molecular formula is C11H16ClN3O3. The minimum absolute atomic E-state index is 0.00418. The van der Waals surface area contributed by atoms with Crippen LogP contribution in [0.5, 0.6) is 0 Å². The number of hydrogen-bond acceptors (Lipinski definition) is 5. The molecule has 1 heterocycles. The van der Waals surface area contributed by atoms with E-state index in [1.807, 2.05) is 13.8 Å². The number of aromatic nitrogens is 1. The number of rotatable bonds is 6. The van der Waals surface area contributed by atoms with E-state index in [0.29, 0.717) is 6.42 Å². The molecule has 0 aliphatic carbocycles. The van der Waals surface area contributed by atoms with Crippen LogP contribution in [0.2, 0.25) is 5.15 Å². The molecule has 1 aromatic rings. The van der Waals surface area contributed by atoms with Gasteiger partial charge in [-0.1, -0.05) is 25.4 Å². The summed E-state index contributed by atoms with van der Waals surface area (Å²) in [6.45, 7) is 3.93. The second-order valence-electron chi connectivity index (χ2n) is 4.27. The summed E-state index contributed by atoms with van der Waals surface area (Å²) in [6, 6.07) is 2.59. The van der Waals surface area contributed by atoms with Crippen molar-refractivity contribution in [3.8, 4) is 0 Å². The van der Waals surface area contributed by atoms with Crippen LogP contribution in [0.25, 0.3) is 0 Å². The number of pyridine rings is 1. The zero-order valence-corrected chi connectivity index (χ0v) is 11.0. The Morgan fingerprint density at radius 1 is 1.56 bits per heavy atom. The maximum Gasteiger partial charge on any atom is 0.311 e. The predicted molar refractivity (Wildman–Crippen MR) is 69.9 cm³/mol. The number of nitrogens with one attached hydrogen (secondary N) is 1. The van der Waals surface area contributed by atoms with Gasteiger partial charge in [-0.05, 0) is 18.4 Å². The van der Waals surface area contributed by atoms with Crippen molar-refractivity contribution < 1.29 is 10.0 Å². The molecule has 0 bridgehead atoms. The largest absolute Gasteiger partial charge is 0.396 e. The zero-order chi connectivity index (χ0) is 13.7. The number of anilines is 1. The highest BCUT2D eigenvalue weighted by atomic mass is 35.5. The molecule has 0 saturated heterocycles. The maximum absolute atomic E-state index is 10.9. The van der Waals surface area contributed by atoms with Crippen molar-refractivity contribution in [3.63, 3.8) is 0 Å². The fourth-order valence-electron chi connectivity index (χ4n) is 1.57. The highest BCUT2D eigenvalue weighted by Gasteiger charge is 2.20. The lowest BCUT2D eigenvalue weighted by Gasteiger charge is -2.21. The van der Waals surface area contributed by atoms with Crippen molar-refractivity contribution in [1.29, 1.82) is 0 Å². The van der Waals surface area contributed by atoms with Gasteiger partial charge in [-0.2, -0.15) is 0 Å². The monoisotopic (exact) mass is 273 g/mol. The van der Waals surface area contributed by atoms with E-state index in [4.69, 9.17) is 16.7 Å². The van der Waals surface area contributed by atoms with Gasteiger partial charge in [0, 0.05) is 18.7 Å². The lowest BCUT2D eigenvalue weighted by atomic mass is 10.0. The third-order valence-electron chi connectivity index (χ3n) is 2.60. The third kappa shape index (κ3) is 3.82. The Hall–Kier alpha value is -1.40. The van der Waals surface area contributed by atoms with E-state index in [2.05, 4.69) is 10.3 Å². The molecule has 1 aromatic heterocycles. The highest BCUT2D eigenvalue weighted by molar-refractivity contribution is 6.29. The number of hydrogen-bond donors (Lipinski definition) is 2. The molecule has 0 aliphatic rings. The molecule has 1 unspecified atom stereocenters. The smallest absolute Gasteiger partial charge is 0.311 e. The molecule has 1 rings (SSSR count). The van der Waals surface area contributed by atoms with Crippen LogP contribution >= 0.6 is 11.6 Å². The Morgan fingerprint density at radius 3 is 2.72 bits per heavy atom. The first-order valence-electron chi connectivity index (χ1n) is 5.64. The number of nitrogens with zero attached hydrogens (tertiary/aromatic N) is 2. The predicted octanol–water partition coefficient (Wildman–Crippen LogP) is 2.46. The Morgan fingerprint density at radius 2 is 2.22 bits per heavy atom. The van der Waals surface area contributed by atoms with Gasteiger partial charge >= 0.3 is 5.69 Å². The number of aliphatic hydroxyl groups is 1. The van der Waals surface area contributed by atoms with E-state index in [-0.39, 0.29) is 35.2 Å². The van der Waals surface area contributed by atoms with Gasteiger partial charge in [0.1, 0.15) is 5.15 Å². The topological polar surface area (TPSA) is 88.3 Å². The van der Waals surface area contributed by atoms with Crippen molar-refractivity contribution >= 4 is 23.1 Å². The van der Waals surface area contributed by atoms with Crippen LogP contribution in [0.4, 0.5) is 11.5 Å². The molecule has 0 radical (unpaired) electrons. The molecule has 1 atom stereocenters. The number of nitro groups is 1. The van der Waals surface area contributed by atoms with Gasteiger partial charge in [-0.3, -0.25) is 10.1 Å². The van der Waals surface area contributed by atoms with E-state index in [1.165, 1.54) is 12.1 Å². The summed E-state index contributed by atoms with van der Waals surface area (Å²) in [4.78, 5) is 14.3.